The monoisotopic (exact) mass is 401 g/mol. The summed E-state index contributed by atoms with van der Waals surface area (Å²) in [7, 11) is 1.59. The molecule has 0 saturated carbocycles. The largest absolute Gasteiger partial charge is 0.493 e. The van der Waals surface area contributed by atoms with Crippen molar-refractivity contribution in [2.75, 3.05) is 13.7 Å². The van der Waals surface area contributed by atoms with Gasteiger partial charge < -0.3 is 14.8 Å². The van der Waals surface area contributed by atoms with E-state index in [0.29, 0.717) is 22.1 Å². The Kier molecular flexibility index (Phi) is 6.69. The summed E-state index contributed by atoms with van der Waals surface area (Å²) in [5, 5.41) is 3.60. The van der Waals surface area contributed by atoms with Crippen molar-refractivity contribution in [3.63, 3.8) is 0 Å². The zero-order chi connectivity index (χ0) is 16.8. The average Bonchev–Trinajstić information content (AvgIpc) is 2.52. The first-order valence-corrected chi connectivity index (χ1v) is 8.36. The van der Waals surface area contributed by atoms with Crippen LogP contribution >= 0.6 is 27.5 Å². The van der Waals surface area contributed by atoms with Crippen LogP contribution in [0.5, 0.6) is 11.5 Å². The predicted octanol–water partition coefficient (Wildman–Crippen LogP) is 4.94. The summed E-state index contributed by atoms with van der Waals surface area (Å²) in [6.45, 7) is 3.91. The average molecular weight is 403 g/mol. The number of hydrogen-bond donors (Lipinski definition) is 1. The van der Waals surface area contributed by atoms with E-state index in [1.807, 2.05) is 12.1 Å². The van der Waals surface area contributed by atoms with Gasteiger partial charge in [-0.1, -0.05) is 24.6 Å². The van der Waals surface area contributed by atoms with Crippen molar-refractivity contribution in [3.05, 3.63) is 56.8 Å². The first-order valence-electron chi connectivity index (χ1n) is 7.19. The molecule has 23 heavy (non-hydrogen) atoms. The lowest BCUT2D eigenvalue weighted by Gasteiger charge is -2.15. The fraction of sp³-hybridized carbons (Fsp3) is 0.294. The molecule has 0 aliphatic rings. The minimum Gasteiger partial charge on any atom is -0.493 e. The van der Waals surface area contributed by atoms with Gasteiger partial charge in [-0.2, -0.15) is 0 Å². The summed E-state index contributed by atoms with van der Waals surface area (Å²) < 4.78 is 25.1. The molecule has 2 aromatic carbocycles. The van der Waals surface area contributed by atoms with Crippen molar-refractivity contribution in [1.82, 2.24) is 5.32 Å². The van der Waals surface area contributed by atoms with Crippen molar-refractivity contribution < 1.29 is 13.9 Å². The quantitative estimate of drug-likeness (QED) is 0.711. The van der Waals surface area contributed by atoms with E-state index in [1.165, 1.54) is 12.1 Å². The van der Waals surface area contributed by atoms with Crippen LogP contribution in [0.15, 0.2) is 34.8 Å². The van der Waals surface area contributed by atoms with Crippen LogP contribution in [0.4, 0.5) is 4.39 Å². The van der Waals surface area contributed by atoms with Crippen LogP contribution in [0.25, 0.3) is 0 Å². The van der Waals surface area contributed by atoms with Crippen molar-refractivity contribution >= 4 is 27.5 Å². The van der Waals surface area contributed by atoms with Crippen LogP contribution in [0.2, 0.25) is 5.02 Å². The lowest BCUT2D eigenvalue weighted by molar-refractivity contribution is 0.282. The summed E-state index contributed by atoms with van der Waals surface area (Å²) in [5.41, 5.74) is 1.79. The predicted molar refractivity (Wildman–Crippen MR) is 93.8 cm³/mol. The van der Waals surface area contributed by atoms with Crippen LogP contribution < -0.4 is 14.8 Å². The van der Waals surface area contributed by atoms with Crippen LogP contribution in [0.3, 0.4) is 0 Å². The lowest BCUT2D eigenvalue weighted by atomic mass is 10.2. The van der Waals surface area contributed by atoms with E-state index in [1.54, 1.807) is 13.2 Å². The summed E-state index contributed by atoms with van der Waals surface area (Å²) >= 11 is 9.53. The Bertz CT molecular complexity index is 682. The molecule has 1 N–H and O–H groups in total. The zero-order valence-corrected chi connectivity index (χ0v) is 15.3. The number of rotatable bonds is 7. The Labute approximate surface area is 148 Å². The molecule has 0 radical (unpaired) electrons. The Morgan fingerprint density at radius 2 is 2.04 bits per heavy atom. The fourth-order valence-corrected chi connectivity index (χ4v) is 2.90. The van der Waals surface area contributed by atoms with Gasteiger partial charge in [0.1, 0.15) is 12.4 Å². The molecule has 2 rings (SSSR count). The van der Waals surface area contributed by atoms with Gasteiger partial charge in [-0.25, -0.2) is 4.39 Å². The molecule has 0 amide bonds. The van der Waals surface area contributed by atoms with E-state index < -0.39 is 0 Å². The van der Waals surface area contributed by atoms with Gasteiger partial charge in [0, 0.05) is 12.1 Å². The molecule has 124 valence electrons. The third-order valence-corrected chi connectivity index (χ3v) is 4.20. The summed E-state index contributed by atoms with van der Waals surface area (Å²) in [5.74, 6) is 0.851. The Hall–Kier alpha value is -1.30. The third-order valence-electron chi connectivity index (χ3n) is 3.26. The number of halogens is 3. The second-order valence-electron chi connectivity index (χ2n) is 4.91. The van der Waals surface area contributed by atoms with Gasteiger partial charge in [0.2, 0.25) is 0 Å². The van der Waals surface area contributed by atoms with Crippen LogP contribution in [-0.4, -0.2) is 13.7 Å². The highest BCUT2D eigenvalue weighted by Crippen LogP contribution is 2.37. The van der Waals surface area contributed by atoms with Crippen molar-refractivity contribution in [2.24, 2.45) is 0 Å². The lowest BCUT2D eigenvalue weighted by Crippen LogP contribution is -2.12. The molecule has 2 aromatic rings. The molecule has 0 bridgehead atoms. The maximum Gasteiger partial charge on any atom is 0.175 e. The van der Waals surface area contributed by atoms with Gasteiger partial charge in [-0.15, -0.1) is 0 Å². The first kappa shape index (κ1) is 18.0. The first-order chi connectivity index (χ1) is 11.0. The van der Waals surface area contributed by atoms with Crippen molar-refractivity contribution in [3.8, 4) is 11.5 Å². The maximum absolute atomic E-state index is 13.1. The fourth-order valence-electron chi connectivity index (χ4n) is 2.07. The Morgan fingerprint density at radius 3 is 2.70 bits per heavy atom. The van der Waals surface area contributed by atoms with Crippen molar-refractivity contribution in [1.29, 1.82) is 0 Å². The molecule has 0 fully saturated rings. The molecule has 3 nitrogen and oxygen atoms in total. The second-order valence-corrected chi connectivity index (χ2v) is 6.18. The highest BCUT2D eigenvalue weighted by molar-refractivity contribution is 9.10. The molecule has 0 spiro atoms. The van der Waals surface area contributed by atoms with Gasteiger partial charge in [0.25, 0.3) is 0 Å². The van der Waals surface area contributed by atoms with E-state index in [2.05, 4.69) is 28.2 Å². The summed E-state index contributed by atoms with van der Waals surface area (Å²) in [6.07, 6.45) is 0. The number of ether oxygens (including phenoxy) is 2. The molecule has 0 aliphatic carbocycles. The zero-order valence-electron chi connectivity index (χ0n) is 13.0. The van der Waals surface area contributed by atoms with Crippen LogP contribution in [0, 0.1) is 5.82 Å². The van der Waals surface area contributed by atoms with Gasteiger partial charge in [-0.05, 0) is 52.3 Å². The minimum absolute atomic E-state index is 0.223. The number of benzene rings is 2. The topological polar surface area (TPSA) is 30.5 Å². The highest BCUT2D eigenvalue weighted by Gasteiger charge is 2.13. The van der Waals surface area contributed by atoms with Crippen LogP contribution in [0.1, 0.15) is 18.1 Å². The molecule has 0 saturated heterocycles. The molecular weight excluding hydrogens is 385 g/mol. The molecular formula is C17H18BrClFNO2. The normalized spacial score (nSPS) is 10.7. The third kappa shape index (κ3) is 4.83. The van der Waals surface area contributed by atoms with E-state index in [4.69, 9.17) is 21.1 Å². The van der Waals surface area contributed by atoms with Gasteiger partial charge >= 0.3 is 0 Å². The molecule has 0 heterocycles. The summed E-state index contributed by atoms with van der Waals surface area (Å²) in [6, 6.07) is 8.14. The summed E-state index contributed by atoms with van der Waals surface area (Å²) in [4.78, 5) is 0. The standard InChI is InChI=1S/C17H18BrClFNO2/c1-3-21-9-11-6-14(18)17(16(7-11)22-2)23-10-12-4-5-13(20)8-15(12)19/h4-8,21H,3,9-10H2,1-2H3. The molecule has 6 heteroatoms. The van der Waals surface area contributed by atoms with Gasteiger partial charge in [0.05, 0.1) is 16.6 Å². The Morgan fingerprint density at radius 1 is 1.26 bits per heavy atom. The van der Waals surface area contributed by atoms with E-state index in [-0.39, 0.29) is 12.4 Å². The van der Waals surface area contributed by atoms with Crippen LogP contribution in [-0.2, 0) is 13.2 Å². The van der Waals surface area contributed by atoms with E-state index in [0.717, 1.165) is 23.1 Å². The molecule has 0 unspecified atom stereocenters. The molecule has 0 aliphatic heterocycles. The maximum atomic E-state index is 13.1. The number of hydrogen-bond acceptors (Lipinski definition) is 3. The molecule has 0 atom stereocenters. The number of methoxy groups -OCH3 is 1. The number of nitrogens with one attached hydrogen (secondary N) is 1. The minimum atomic E-state index is -0.370. The molecule has 0 aromatic heterocycles. The Balaban J connectivity index is 2.18. The van der Waals surface area contributed by atoms with Gasteiger partial charge in [0.15, 0.2) is 11.5 Å². The smallest absolute Gasteiger partial charge is 0.175 e. The van der Waals surface area contributed by atoms with Gasteiger partial charge in [-0.3, -0.25) is 0 Å². The highest BCUT2D eigenvalue weighted by atomic mass is 79.9. The SMILES string of the molecule is CCNCc1cc(Br)c(OCc2ccc(F)cc2Cl)c(OC)c1. The van der Waals surface area contributed by atoms with E-state index in [9.17, 15) is 4.39 Å². The van der Waals surface area contributed by atoms with E-state index >= 15 is 0 Å². The van der Waals surface area contributed by atoms with Crippen molar-refractivity contribution in [2.45, 2.75) is 20.1 Å². The second kappa shape index (κ2) is 8.52.